The summed E-state index contributed by atoms with van der Waals surface area (Å²) in [5, 5.41) is 3.00. The molecule has 0 unspecified atom stereocenters. The highest BCUT2D eigenvalue weighted by atomic mass is 16.5. The van der Waals surface area contributed by atoms with Gasteiger partial charge in [-0.1, -0.05) is 20.8 Å². The predicted octanol–water partition coefficient (Wildman–Crippen LogP) is 3.91. The van der Waals surface area contributed by atoms with Crippen molar-refractivity contribution < 1.29 is 9.53 Å². The number of nitrogens with zero attached hydrogens (tertiary/aromatic N) is 4. The fourth-order valence-electron chi connectivity index (χ4n) is 3.45. The summed E-state index contributed by atoms with van der Waals surface area (Å²) in [6.45, 7) is 12.3. The van der Waals surface area contributed by atoms with E-state index in [2.05, 4.69) is 47.0 Å². The SMILES string of the molecule is CCOc1ncc(CN2CCCc3nc(NC(=O)CC(C)(C)C)c(C)cc32)cn1. The minimum Gasteiger partial charge on any atom is -0.464 e. The van der Waals surface area contributed by atoms with E-state index in [-0.39, 0.29) is 11.3 Å². The van der Waals surface area contributed by atoms with Gasteiger partial charge in [0.15, 0.2) is 0 Å². The average Bonchev–Trinajstić information content (AvgIpc) is 2.63. The summed E-state index contributed by atoms with van der Waals surface area (Å²) in [6, 6.07) is 2.53. The monoisotopic (exact) mass is 397 g/mol. The summed E-state index contributed by atoms with van der Waals surface area (Å²) < 4.78 is 5.32. The molecule has 3 heterocycles. The van der Waals surface area contributed by atoms with Gasteiger partial charge < -0.3 is 15.0 Å². The topological polar surface area (TPSA) is 80.2 Å². The summed E-state index contributed by atoms with van der Waals surface area (Å²) in [4.78, 5) is 28.0. The molecule has 0 radical (unpaired) electrons. The average molecular weight is 398 g/mol. The fraction of sp³-hybridized carbons (Fsp3) is 0.545. The molecule has 0 aromatic carbocycles. The molecule has 0 saturated carbocycles. The van der Waals surface area contributed by atoms with E-state index in [1.165, 1.54) is 0 Å². The van der Waals surface area contributed by atoms with Crippen molar-refractivity contribution in [2.45, 2.75) is 60.4 Å². The summed E-state index contributed by atoms with van der Waals surface area (Å²) in [5.74, 6) is 0.677. The Morgan fingerprint density at radius 1 is 1.28 bits per heavy atom. The van der Waals surface area contributed by atoms with Crippen molar-refractivity contribution >= 4 is 17.4 Å². The van der Waals surface area contributed by atoms with Gasteiger partial charge in [0.05, 0.1) is 18.0 Å². The van der Waals surface area contributed by atoms with E-state index in [1.54, 1.807) is 0 Å². The number of aryl methyl sites for hydroxylation is 2. The van der Waals surface area contributed by atoms with Gasteiger partial charge in [-0.15, -0.1) is 0 Å². The van der Waals surface area contributed by atoms with Crippen molar-refractivity contribution in [3.63, 3.8) is 0 Å². The van der Waals surface area contributed by atoms with Crippen molar-refractivity contribution in [1.29, 1.82) is 0 Å². The molecular formula is C22H31N5O2. The number of aromatic nitrogens is 3. The lowest BCUT2D eigenvalue weighted by molar-refractivity contribution is -0.117. The molecule has 1 aliphatic heterocycles. The fourth-order valence-corrected chi connectivity index (χ4v) is 3.45. The Hall–Kier alpha value is -2.70. The number of pyridine rings is 1. The minimum atomic E-state index is -0.0528. The number of anilines is 2. The van der Waals surface area contributed by atoms with Crippen LogP contribution in [0.3, 0.4) is 0 Å². The quantitative estimate of drug-likeness (QED) is 0.796. The van der Waals surface area contributed by atoms with Gasteiger partial charge in [-0.2, -0.15) is 0 Å². The molecule has 0 aliphatic carbocycles. The molecule has 3 rings (SSSR count). The molecule has 29 heavy (non-hydrogen) atoms. The molecule has 156 valence electrons. The Balaban J connectivity index is 1.75. The number of hydrogen-bond donors (Lipinski definition) is 1. The van der Waals surface area contributed by atoms with Crippen LogP contribution >= 0.6 is 0 Å². The van der Waals surface area contributed by atoms with Crippen LogP contribution in [-0.2, 0) is 17.8 Å². The van der Waals surface area contributed by atoms with Crippen LogP contribution in [0.25, 0.3) is 0 Å². The molecule has 0 atom stereocenters. The second kappa shape index (κ2) is 8.76. The third-order valence-corrected chi connectivity index (χ3v) is 4.73. The van der Waals surface area contributed by atoms with Crippen LogP contribution in [0, 0.1) is 12.3 Å². The van der Waals surface area contributed by atoms with Gasteiger partial charge in [0.25, 0.3) is 0 Å². The molecule has 7 nitrogen and oxygen atoms in total. The van der Waals surface area contributed by atoms with Crippen molar-refractivity contribution in [2.24, 2.45) is 5.41 Å². The van der Waals surface area contributed by atoms with Gasteiger partial charge in [0.2, 0.25) is 5.91 Å². The number of ether oxygens (including phenoxy) is 1. The van der Waals surface area contributed by atoms with E-state index in [4.69, 9.17) is 9.72 Å². The van der Waals surface area contributed by atoms with E-state index in [9.17, 15) is 4.79 Å². The zero-order valence-electron chi connectivity index (χ0n) is 18.1. The van der Waals surface area contributed by atoms with Crippen molar-refractivity contribution in [3.05, 3.63) is 35.3 Å². The second-order valence-electron chi connectivity index (χ2n) is 8.74. The number of hydrogen-bond acceptors (Lipinski definition) is 6. The van der Waals surface area contributed by atoms with Gasteiger partial charge in [0.1, 0.15) is 5.82 Å². The van der Waals surface area contributed by atoms with Gasteiger partial charge >= 0.3 is 6.01 Å². The number of carbonyl (C=O) groups is 1. The van der Waals surface area contributed by atoms with Crippen LogP contribution in [0.15, 0.2) is 18.5 Å². The molecule has 0 fully saturated rings. The number of nitrogens with one attached hydrogen (secondary N) is 1. The summed E-state index contributed by atoms with van der Waals surface area (Å²) >= 11 is 0. The third-order valence-electron chi connectivity index (χ3n) is 4.73. The van der Waals surface area contributed by atoms with Gasteiger partial charge in [0, 0.05) is 37.5 Å². The Morgan fingerprint density at radius 3 is 2.66 bits per heavy atom. The van der Waals surface area contributed by atoms with Crippen molar-refractivity contribution in [2.75, 3.05) is 23.4 Å². The molecule has 7 heteroatoms. The molecule has 2 aromatic rings. The molecule has 2 aromatic heterocycles. The number of amides is 1. The maximum atomic E-state index is 12.3. The maximum Gasteiger partial charge on any atom is 0.316 e. The summed E-state index contributed by atoms with van der Waals surface area (Å²) in [6.07, 6.45) is 6.03. The molecule has 0 spiro atoms. The van der Waals surface area contributed by atoms with E-state index in [0.717, 1.165) is 48.4 Å². The largest absolute Gasteiger partial charge is 0.464 e. The second-order valence-corrected chi connectivity index (χ2v) is 8.74. The zero-order chi connectivity index (χ0) is 21.0. The highest BCUT2D eigenvalue weighted by Crippen LogP contribution is 2.31. The van der Waals surface area contributed by atoms with Gasteiger partial charge in [-0.25, -0.2) is 15.0 Å². The van der Waals surface area contributed by atoms with E-state index in [1.807, 2.05) is 26.2 Å². The zero-order valence-corrected chi connectivity index (χ0v) is 18.1. The molecule has 1 amide bonds. The number of carbonyl (C=O) groups excluding carboxylic acids is 1. The van der Waals surface area contributed by atoms with E-state index >= 15 is 0 Å². The number of fused-ring (bicyclic) bond motifs is 1. The first kappa shape index (κ1) is 21.0. The first-order chi connectivity index (χ1) is 13.7. The normalized spacial score (nSPS) is 13.8. The smallest absolute Gasteiger partial charge is 0.316 e. The first-order valence-corrected chi connectivity index (χ1v) is 10.2. The highest BCUT2D eigenvalue weighted by molar-refractivity contribution is 5.91. The van der Waals surface area contributed by atoms with Crippen LogP contribution in [0.1, 0.15) is 57.4 Å². The molecule has 0 saturated heterocycles. The van der Waals surface area contributed by atoms with Crippen LogP contribution in [0.2, 0.25) is 0 Å². The van der Waals surface area contributed by atoms with Crippen molar-refractivity contribution in [1.82, 2.24) is 15.0 Å². The first-order valence-electron chi connectivity index (χ1n) is 10.2. The Morgan fingerprint density at radius 2 is 2.00 bits per heavy atom. The minimum absolute atomic E-state index is 0.00672. The lowest BCUT2D eigenvalue weighted by Gasteiger charge is -2.31. The molecule has 1 N–H and O–H groups in total. The molecular weight excluding hydrogens is 366 g/mol. The Labute approximate surface area is 172 Å². The standard InChI is InChI=1S/C22H31N5O2/c1-6-29-21-23-12-16(13-24-21)14-27-9-7-8-17-18(27)10-15(2)20(25-17)26-19(28)11-22(3,4)5/h10,12-13H,6-9,11,14H2,1-5H3,(H,25,26,28). The van der Waals surface area contributed by atoms with Crippen LogP contribution in [-0.4, -0.2) is 34.0 Å². The predicted molar refractivity (Wildman–Crippen MR) is 114 cm³/mol. The highest BCUT2D eigenvalue weighted by Gasteiger charge is 2.22. The molecule has 0 bridgehead atoms. The van der Waals surface area contributed by atoms with Gasteiger partial charge in [-0.05, 0) is 43.7 Å². The Bertz CT molecular complexity index is 859. The van der Waals surface area contributed by atoms with E-state index < -0.39 is 0 Å². The molecule has 1 aliphatic rings. The van der Waals surface area contributed by atoms with Crippen molar-refractivity contribution in [3.8, 4) is 6.01 Å². The summed E-state index contributed by atoms with van der Waals surface area (Å²) in [5.41, 5.74) is 4.10. The lowest BCUT2D eigenvalue weighted by Crippen LogP contribution is -2.30. The van der Waals surface area contributed by atoms with E-state index in [0.29, 0.717) is 24.9 Å². The third kappa shape index (κ3) is 5.65. The lowest BCUT2D eigenvalue weighted by atomic mass is 9.92. The van der Waals surface area contributed by atoms with Gasteiger partial charge in [-0.3, -0.25) is 4.79 Å². The van der Waals surface area contributed by atoms with Crippen LogP contribution in [0.4, 0.5) is 11.5 Å². The summed E-state index contributed by atoms with van der Waals surface area (Å²) in [7, 11) is 0. The maximum absolute atomic E-state index is 12.3. The Kier molecular flexibility index (Phi) is 6.35. The van der Waals surface area contributed by atoms with Crippen LogP contribution < -0.4 is 15.0 Å². The van der Waals surface area contributed by atoms with Crippen LogP contribution in [0.5, 0.6) is 6.01 Å². The number of rotatable bonds is 6.